The van der Waals surface area contributed by atoms with Crippen molar-refractivity contribution < 1.29 is 8.42 Å². The Bertz CT molecular complexity index is 1120. The Hall–Kier alpha value is -2.30. The topological polar surface area (TPSA) is 88.8 Å². The third-order valence-corrected chi connectivity index (χ3v) is 6.53. The first kappa shape index (κ1) is 19.0. The third-order valence-electron chi connectivity index (χ3n) is 4.98. The minimum absolute atomic E-state index is 0.0195. The number of H-pyrrole nitrogens is 1. The molecule has 1 aliphatic rings. The molecule has 1 aromatic carbocycles. The molecule has 0 radical (unpaired) electrons. The summed E-state index contributed by atoms with van der Waals surface area (Å²) in [6.07, 6.45) is 6.60. The highest BCUT2D eigenvalue weighted by atomic mass is 32.2. The van der Waals surface area contributed by atoms with Gasteiger partial charge in [0, 0.05) is 25.2 Å². The van der Waals surface area contributed by atoms with Gasteiger partial charge < -0.3 is 0 Å². The van der Waals surface area contributed by atoms with Crippen LogP contribution in [0.25, 0.3) is 5.69 Å². The minimum atomic E-state index is -3.22. The molecule has 4 rings (SSSR count). The van der Waals surface area contributed by atoms with Crippen molar-refractivity contribution in [3.8, 4) is 5.69 Å². The molecular weight excluding hydrogens is 396 g/mol. The molecule has 0 bridgehead atoms. The third kappa shape index (κ3) is 3.94. The first-order chi connectivity index (χ1) is 13.4. The zero-order valence-corrected chi connectivity index (χ0v) is 17.2. The smallest absolute Gasteiger partial charge is 0.211 e. The number of rotatable bonds is 5. The zero-order valence-electron chi connectivity index (χ0n) is 15.5. The van der Waals surface area contributed by atoms with Crippen LogP contribution in [0.5, 0.6) is 0 Å². The van der Waals surface area contributed by atoms with Gasteiger partial charge in [0.05, 0.1) is 24.7 Å². The molecule has 3 heterocycles. The van der Waals surface area contributed by atoms with Crippen molar-refractivity contribution in [2.75, 3.05) is 19.3 Å². The van der Waals surface area contributed by atoms with E-state index in [2.05, 4.69) is 27.4 Å². The number of sulfonamides is 1. The van der Waals surface area contributed by atoms with Crippen LogP contribution >= 0.6 is 12.2 Å². The van der Waals surface area contributed by atoms with Gasteiger partial charge in [-0.3, -0.25) is 14.3 Å². The molecule has 0 spiro atoms. The second-order valence-electron chi connectivity index (χ2n) is 7.06. The molecule has 0 amide bonds. The lowest BCUT2D eigenvalue weighted by Gasteiger charge is -2.30. The van der Waals surface area contributed by atoms with Crippen LogP contribution in [0.2, 0.25) is 0 Å². The maximum atomic E-state index is 12.0. The van der Waals surface area contributed by atoms with Crippen molar-refractivity contribution in [2.45, 2.75) is 25.3 Å². The average molecular weight is 419 g/mol. The van der Waals surface area contributed by atoms with Gasteiger partial charge in [0.25, 0.3) is 0 Å². The summed E-state index contributed by atoms with van der Waals surface area (Å²) in [5.74, 6) is 0.728. The summed E-state index contributed by atoms with van der Waals surface area (Å²) in [4.78, 5) is 0. The predicted octanol–water partition coefficient (Wildman–Crippen LogP) is 2.31. The Morgan fingerprint density at radius 1 is 1.29 bits per heavy atom. The van der Waals surface area contributed by atoms with Crippen molar-refractivity contribution in [3.05, 3.63) is 58.9 Å². The fourth-order valence-corrected chi connectivity index (χ4v) is 4.77. The van der Waals surface area contributed by atoms with Gasteiger partial charge in [-0.15, -0.1) is 0 Å². The lowest BCUT2D eigenvalue weighted by molar-refractivity contribution is 0.309. The molecule has 28 heavy (non-hydrogen) atoms. The summed E-state index contributed by atoms with van der Waals surface area (Å²) in [5, 5.41) is 11.7. The Kier molecular flexibility index (Phi) is 5.17. The molecule has 148 valence electrons. The maximum absolute atomic E-state index is 12.0. The van der Waals surface area contributed by atoms with E-state index in [4.69, 9.17) is 12.2 Å². The molecule has 0 unspecified atom stereocenters. The van der Waals surface area contributed by atoms with Crippen molar-refractivity contribution in [2.24, 2.45) is 0 Å². The molecule has 1 N–H and O–H groups in total. The molecular formula is C18H22N6O2S2. The highest BCUT2D eigenvalue weighted by molar-refractivity contribution is 7.88. The van der Waals surface area contributed by atoms with Crippen LogP contribution < -0.4 is 0 Å². The van der Waals surface area contributed by atoms with E-state index >= 15 is 0 Å². The van der Waals surface area contributed by atoms with Gasteiger partial charge in [0.1, 0.15) is 5.82 Å². The lowest BCUT2D eigenvalue weighted by atomic mass is 9.99. The summed E-state index contributed by atoms with van der Waals surface area (Å²) in [5.41, 5.74) is 1.98. The number of aromatic amines is 1. The molecule has 0 saturated carbocycles. The molecule has 0 aliphatic carbocycles. The maximum Gasteiger partial charge on any atom is 0.211 e. The number of nitrogens with one attached hydrogen (secondary N) is 1. The average Bonchev–Trinajstić information content (AvgIpc) is 3.28. The predicted molar refractivity (Wildman–Crippen MR) is 108 cm³/mol. The van der Waals surface area contributed by atoms with Crippen LogP contribution in [0.1, 0.15) is 30.1 Å². The molecule has 1 aliphatic heterocycles. The Morgan fingerprint density at radius 2 is 2.07 bits per heavy atom. The fraction of sp³-hybridized carbons (Fsp3) is 0.389. The van der Waals surface area contributed by atoms with Crippen molar-refractivity contribution in [3.63, 3.8) is 0 Å². The molecule has 3 aromatic rings. The zero-order chi connectivity index (χ0) is 19.7. The summed E-state index contributed by atoms with van der Waals surface area (Å²) < 4.78 is 29.6. The van der Waals surface area contributed by atoms with Crippen molar-refractivity contribution in [1.82, 2.24) is 28.9 Å². The summed E-state index contributed by atoms with van der Waals surface area (Å²) in [6, 6.07) is 10.1. The van der Waals surface area contributed by atoms with Crippen molar-refractivity contribution >= 4 is 22.2 Å². The van der Waals surface area contributed by atoms with E-state index < -0.39 is 10.0 Å². The first-order valence-electron chi connectivity index (χ1n) is 9.11. The van der Waals surface area contributed by atoms with Crippen LogP contribution in [-0.4, -0.2) is 56.6 Å². The van der Waals surface area contributed by atoms with Crippen LogP contribution in [0.4, 0.5) is 0 Å². The van der Waals surface area contributed by atoms with Gasteiger partial charge in [-0.2, -0.15) is 10.2 Å². The SMILES string of the molecule is CS(=O)(=O)N1CCC[C@H](c2n[nH]c(=S)n2-c2cnn(Cc3ccccc3)c2)C1. The Labute approximate surface area is 168 Å². The number of aromatic nitrogens is 5. The molecule has 2 aromatic heterocycles. The summed E-state index contributed by atoms with van der Waals surface area (Å²) >= 11 is 5.44. The monoisotopic (exact) mass is 418 g/mol. The van der Waals surface area contributed by atoms with Gasteiger partial charge >= 0.3 is 0 Å². The van der Waals surface area contributed by atoms with Gasteiger partial charge in [-0.05, 0) is 30.6 Å². The van der Waals surface area contributed by atoms with E-state index in [1.165, 1.54) is 10.6 Å². The summed E-state index contributed by atoms with van der Waals surface area (Å²) in [6.45, 7) is 1.62. The molecule has 1 saturated heterocycles. The van der Waals surface area contributed by atoms with Gasteiger partial charge in [0.2, 0.25) is 10.0 Å². The quantitative estimate of drug-likeness (QED) is 0.643. The molecule has 1 fully saturated rings. The van der Waals surface area contributed by atoms with Crippen molar-refractivity contribution in [1.29, 1.82) is 0 Å². The Morgan fingerprint density at radius 3 is 2.82 bits per heavy atom. The molecule has 8 nitrogen and oxygen atoms in total. The second-order valence-corrected chi connectivity index (χ2v) is 9.43. The number of nitrogens with zero attached hydrogens (tertiary/aromatic N) is 5. The van der Waals surface area contributed by atoms with Crippen LogP contribution in [-0.2, 0) is 16.6 Å². The molecule has 1 atom stereocenters. The highest BCUT2D eigenvalue weighted by Crippen LogP contribution is 2.28. The Balaban J connectivity index is 1.62. The first-order valence-corrected chi connectivity index (χ1v) is 11.4. The number of hydrogen-bond acceptors (Lipinski definition) is 5. The van der Waals surface area contributed by atoms with E-state index in [1.807, 2.05) is 33.6 Å². The van der Waals surface area contributed by atoms with Gasteiger partial charge in [-0.1, -0.05) is 30.3 Å². The standard InChI is InChI=1S/C18H22N6O2S2/c1-28(25,26)23-9-5-8-15(12-23)17-20-21-18(27)24(17)16-10-19-22(13-16)11-14-6-3-2-4-7-14/h2-4,6-7,10,13,15H,5,8-9,11-12H2,1H3,(H,21,27)/t15-/m0/s1. The molecule has 10 heteroatoms. The van der Waals surface area contributed by atoms with Gasteiger partial charge in [-0.25, -0.2) is 12.7 Å². The second kappa shape index (κ2) is 7.61. The summed E-state index contributed by atoms with van der Waals surface area (Å²) in [7, 11) is -3.22. The van der Waals surface area contributed by atoms with E-state index in [0.717, 1.165) is 29.9 Å². The van der Waals surface area contributed by atoms with E-state index in [1.54, 1.807) is 6.20 Å². The number of hydrogen-bond donors (Lipinski definition) is 1. The number of benzene rings is 1. The van der Waals surface area contributed by atoms with Crippen LogP contribution in [0.15, 0.2) is 42.7 Å². The van der Waals surface area contributed by atoms with E-state index in [9.17, 15) is 8.42 Å². The lowest BCUT2D eigenvalue weighted by Crippen LogP contribution is -2.39. The van der Waals surface area contributed by atoms with E-state index in [-0.39, 0.29) is 5.92 Å². The highest BCUT2D eigenvalue weighted by Gasteiger charge is 2.30. The van der Waals surface area contributed by atoms with E-state index in [0.29, 0.717) is 24.4 Å². The normalized spacial score (nSPS) is 18.4. The number of piperidine rings is 1. The van der Waals surface area contributed by atoms with Crippen LogP contribution in [0, 0.1) is 4.77 Å². The largest absolute Gasteiger partial charge is 0.269 e. The fourth-order valence-electron chi connectivity index (χ4n) is 3.61. The van der Waals surface area contributed by atoms with Gasteiger partial charge in [0.15, 0.2) is 4.77 Å². The van der Waals surface area contributed by atoms with Crippen LogP contribution in [0.3, 0.4) is 0 Å². The minimum Gasteiger partial charge on any atom is -0.269 e.